The molecule has 1 amide bonds. The second-order valence-electron chi connectivity index (χ2n) is 10.5. The summed E-state index contributed by atoms with van der Waals surface area (Å²) in [4.78, 5) is 28.9. The monoisotopic (exact) mass is 627 g/mol. The molecule has 44 heavy (non-hydrogen) atoms. The molecule has 0 saturated heterocycles. The first-order chi connectivity index (χ1) is 21.2. The summed E-state index contributed by atoms with van der Waals surface area (Å²) in [6.07, 6.45) is 1.87. The van der Waals surface area contributed by atoms with Crippen LogP contribution in [0.3, 0.4) is 0 Å². The molecule has 5 rings (SSSR count). The van der Waals surface area contributed by atoms with Crippen LogP contribution in [0.2, 0.25) is 10.0 Å². The Morgan fingerprint density at radius 2 is 1.61 bits per heavy atom. The summed E-state index contributed by atoms with van der Waals surface area (Å²) in [5.41, 5.74) is 6.74. The van der Waals surface area contributed by atoms with Gasteiger partial charge in [0.25, 0.3) is 0 Å². The summed E-state index contributed by atoms with van der Waals surface area (Å²) < 4.78 is 12.1. The fourth-order valence-corrected chi connectivity index (χ4v) is 5.26. The van der Waals surface area contributed by atoms with Gasteiger partial charge >= 0.3 is 12.1 Å². The molecule has 7 nitrogen and oxygen atoms in total. The van der Waals surface area contributed by atoms with E-state index >= 15 is 0 Å². The van der Waals surface area contributed by atoms with Gasteiger partial charge in [0.1, 0.15) is 5.82 Å². The number of hydrogen-bond acceptors (Lipinski definition) is 5. The van der Waals surface area contributed by atoms with Gasteiger partial charge in [-0.05, 0) is 78.6 Å². The second-order valence-corrected chi connectivity index (χ2v) is 11.4. The zero-order chi connectivity index (χ0) is 31.2. The molecule has 0 aliphatic carbocycles. The first-order valence-electron chi connectivity index (χ1n) is 14.0. The van der Waals surface area contributed by atoms with Gasteiger partial charge in [-0.25, -0.2) is 14.6 Å². The minimum Gasteiger partial charge on any atom is -0.465 e. The predicted octanol–water partition coefficient (Wildman–Crippen LogP) is 8.91. The van der Waals surface area contributed by atoms with Crippen molar-refractivity contribution in [1.82, 2.24) is 9.55 Å². The van der Waals surface area contributed by atoms with Crippen molar-refractivity contribution < 1.29 is 19.1 Å². The summed E-state index contributed by atoms with van der Waals surface area (Å²) in [6.45, 7) is 4.16. The number of methoxy groups -OCH3 is 1. The lowest BCUT2D eigenvalue weighted by Gasteiger charge is -2.11. The van der Waals surface area contributed by atoms with Crippen molar-refractivity contribution >= 4 is 41.0 Å². The minimum absolute atomic E-state index is 0.201. The molecule has 0 aliphatic heterocycles. The molecule has 1 heterocycles. The molecule has 0 radical (unpaired) electrons. The topological polar surface area (TPSA) is 82.5 Å². The van der Waals surface area contributed by atoms with Crippen molar-refractivity contribution in [2.24, 2.45) is 0 Å². The molecule has 1 aromatic heterocycles. The number of rotatable bonds is 9. The first-order valence-corrected chi connectivity index (χ1v) is 14.8. The lowest BCUT2D eigenvalue weighted by Crippen LogP contribution is -2.17. The first kappa shape index (κ1) is 30.9. The van der Waals surface area contributed by atoms with E-state index < -0.39 is 6.09 Å². The molecule has 0 atom stereocenters. The Hall–Kier alpha value is -4.59. The molecule has 1 N–H and O–H groups in total. The Bertz CT molecular complexity index is 1780. The van der Waals surface area contributed by atoms with Gasteiger partial charge in [0.05, 0.1) is 29.5 Å². The summed E-state index contributed by atoms with van der Waals surface area (Å²) in [5.74, 6) is 0.477. The highest BCUT2D eigenvalue weighted by atomic mass is 35.5. The lowest BCUT2D eigenvalue weighted by atomic mass is 10.0. The molecule has 0 spiro atoms. The molecule has 4 aromatic carbocycles. The SMILES string of the molecule is COC(=O)c1ccc(Cn2cc(-c3ccc(Cl)cc3Cl)nc2Cc2ccc(-c3cccc(NC(=O)OC(C)C)c3)cc2)cc1. The number of nitrogens with zero attached hydrogens (tertiary/aromatic N) is 2. The van der Waals surface area contributed by atoms with Crippen molar-refractivity contribution in [3.05, 3.63) is 130 Å². The Kier molecular flexibility index (Phi) is 9.68. The van der Waals surface area contributed by atoms with Crippen LogP contribution in [-0.2, 0) is 22.4 Å². The summed E-state index contributed by atoms with van der Waals surface area (Å²) in [6, 6.07) is 28.6. The van der Waals surface area contributed by atoms with E-state index in [0.717, 1.165) is 39.3 Å². The normalized spacial score (nSPS) is 11.0. The van der Waals surface area contributed by atoms with Crippen molar-refractivity contribution in [2.75, 3.05) is 12.4 Å². The van der Waals surface area contributed by atoms with Gasteiger partial charge in [0.15, 0.2) is 0 Å². The van der Waals surface area contributed by atoms with Crippen LogP contribution in [0, 0.1) is 0 Å². The number of anilines is 1. The van der Waals surface area contributed by atoms with Crippen LogP contribution in [0.25, 0.3) is 22.4 Å². The van der Waals surface area contributed by atoms with E-state index in [4.69, 9.17) is 37.7 Å². The van der Waals surface area contributed by atoms with Gasteiger partial charge in [0, 0.05) is 35.4 Å². The highest BCUT2D eigenvalue weighted by molar-refractivity contribution is 6.36. The number of benzene rings is 4. The number of hydrogen-bond donors (Lipinski definition) is 1. The third-order valence-electron chi connectivity index (χ3n) is 6.90. The molecule has 0 fully saturated rings. The van der Waals surface area contributed by atoms with E-state index in [1.165, 1.54) is 7.11 Å². The van der Waals surface area contributed by atoms with Crippen LogP contribution < -0.4 is 5.32 Å². The third-order valence-corrected chi connectivity index (χ3v) is 7.44. The number of carbonyl (C=O) groups excluding carboxylic acids is 2. The summed E-state index contributed by atoms with van der Waals surface area (Å²) >= 11 is 12.7. The molecular weight excluding hydrogens is 597 g/mol. The van der Waals surface area contributed by atoms with E-state index in [1.54, 1.807) is 38.1 Å². The Morgan fingerprint density at radius 3 is 2.30 bits per heavy atom. The van der Waals surface area contributed by atoms with Crippen LogP contribution in [0.1, 0.15) is 41.2 Å². The quantitative estimate of drug-likeness (QED) is 0.165. The van der Waals surface area contributed by atoms with Crippen molar-refractivity contribution in [3.63, 3.8) is 0 Å². The second kappa shape index (κ2) is 13.8. The molecule has 5 aromatic rings. The third kappa shape index (κ3) is 7.67. The molecule has 0 unspecified atom stereocenters. The van der Waals surface area contributed by atoms with E-state index in [0.29, 0.717) is 34.3 Å². The van der Waals surface area contributed by atoms with Crippen molar-refractivity contribution in [1.29, 1.82) is 0 Å². The van der Waals surface area contributed by atoms with E-state index in [9.17, 15) is 9.59 Å². The Balaban J connectivity index is 1.39. The molecule has 0 saturated carbocycles. The van der Waals surface area contributed by atoms with Gasteiger partial charge < -0.3 is 14.0 Å². The zero-order valence-electron chi connectivity index (χ0n) is 24.5. The molecule has 0 bridgehead atoms. The minimum atomic E-state index is -0.485. The van der Waals surface area contributed by atoms with Gasteiger partial charge in [-0.15, -0.1) is 0 Å². The van der Waals surface area contributed by atoms with Crippen LogP contribution in [0.5, 0.6) is 0 Å². The number of carbonyl (C=O) groups is 2. The van der Waals surface area contributed by atoms with Crippen LogP contribution in [0.15, 0.2) is 97.2 Å². The predicted molar refractivity (Wildman–Crippen MR) is 174 cm³/mol. The maximum Gasteiger partial charge on any atom is 0.411 e. The van der Waals surface area contributed by atoms with Crippen LogP contribution >= 0.6 is 23.2 Å². The maximum atomic E-state index is 12.0. The van der Waals surface area contributed by atoms with Crippen LogP contribution in [-0.4, -0.2) is 34.8 Å². The van der Waals surface area contributed by atoms with Gasteiger partial charge in [0.2, 0.25) is 0 Å². The van der Waals surface area contributed by atoms with E-state index in [2.05, 4.69) is 34.1 Å². The fraction of sp³-hybridized carbons (Fsp3) is 0.171. The Morgan fingerprint density at radius 1 is 0.886 bits per heavy atom. The van der Waals surface area contributed by atoms with Gasteiger partial charge in [-0.3, -0.25) is 5.32 Å². The van der Waals surface area contributed by atoms with Crippen molar-refractivity contribution in [2.45, 2.75) is 32.9 Å². The highest BCUT2D eigenvalue weighted by Crippen LogP contribution is 2.31. The van der Waals surface area contributed by atoms with E-state index in [1.807, 2.05) is 48.7 Å². The zero-order valence-corrected chi connectivity index (χ0v) is 26.0. The number of aromatic nitrogens is 2. The number of esters is 1. The average Bonchev–Trinajstić information content (AvgIpc) is 3.38. The molecule has 9 heteroatoms. The standard InChI is InChI=1S/C35H31Cl2N3O4/c1-22(2)44-35(42)38-29-6-4-5-27(18-29)25-11-7-23(8-12-25)17-33-39-32(30-16-15-28(36)19-31(30)37)21-40(33)20-24-9-13-26(14-10-24)34(41)43-3/h4-16,18-19,21-22H,17,20H2,1-3H3,(H,38,42). The van der Waals surface area contributed by atoms with Gasteiger partial charge in [-0.1, -0.05) is 71.7 Å². The number of halogens is 2. The summed E-state index contributed by atoms with van der Waals surface area (Å²) in [5, 5.41) is 3.86. The Labute approximate surface area is 266 Å². The number of imidazole rings is 1. The summed E-state index contributed by atoms with van der Waals surface area (Å²) in [7, 11) is 1.37. The fourth-order valence-electron chi connectivity index (χ4n) is 4.76. The maximum absolute atomic E-state index is 12.0. The molecule has 224 valence electrons. The van der Waals surface area contributed by atoms with E-state index in [-0.39, 0.29) is 12.1 Å². The average molecular weight is 629 g/mol. The van der Waals surface area contributed by atoms with Gasteiger partial charge in [-0.2, -0.15) is 0 Å². The number of amides is 1. The number of ether oxygens (including phenoxy) is 2. The van der Waals surface area contributed by atoms with Crippen LogP contribution in [0.4, 0.5) is 10.5 Å². The smallest absolute Gasteiger partial charge is 0.411 e. The largest absolute Gasteiger partial charge is 0.465 e. The molecule has 0 aliphatic rings. The highest BCUT2D eigenvalue weighted by Gasteiger charge is 2.15. The number of nitrogens with one attached hydrogen (secondary N) is 1. The lowest BCUT2D eigenvalue weighted by molar-refractivity contribution is 0.0600. The molecular formula is C35H31Cl2N3O4. The van der Waals surface area contributed by atoms with Crippen molar-refractivity contribution in [3.8, 4) is 22.4 Å².